The van der Waals surface area contributed by atoms with E-state index in [0.717, 1.165) is 4.90 Å². The van der Waals surface area contributed by atoms with Gasteiger partial charge in [-0.2, -0.15) is 0 Å². The summed E-state index contributed by atoms with van der Waals surface area (Å²) in [6.07, 6.45) is 0. The quantitative estimate of drug-likeness (QED) is 0.641. The number of nitrogens with zero attached hydrogens (tertiary/aromatic N) is 1. The largest absolute Gasteiger partial charge is 0.465 e. The third-order valence-electron chi connectivity index (χ3n) is 3.68. The summed E-state index contributed by atoms with van der Waals surface area (Å²) in [6, 6.07) is 11.3. The summed E-state index contributed by atoms with van der Waals surface area (Å²) in [4.78, 5) is 37.3. The molecule has 0 radical (unpaired) electrons. The molecule has 2 aromatic carbocycles. The number of fused-ring (bicyclic) bond motifs is 1. The molecule has 1 aliphatic heterocycles. The SMILES string of the molecule is COC(=O)c1ccc(CN2C(=O)c3ccccc3C2=O)c(Cl)c1. The highest BCUT2D eigenvalue weighted by Gasteiger charge is 2.35. The van der Waals surface area contributed by atoms with Gasteiger partial charge in [-0.3, -0.25) is 14.5 Å². The van der Waals surface area contributed by atoms with Crippen LogP contribution in [0.2, 0.25) is 5.02 Å². The van der Waals surface area contributed by atoms with Crippen molar-refractivity contribution in [3.63, 3.8) is 0 Å². The lowest BCUT2D eigenvalue weighted by molar-refractivity contribution is 0.0596. The second-order valence-electron chi connectivity index (χ2n) is 5.04. The fraction of sp³-hybridized carbons (Fsp3) is 0.118. The first kappa shape index (κ1) is 15.2. The Bertz CT molecular complexity index is 796. The minimum absolute atomic E-state index is 0.0482. The van der Waals surface area contributed by atoms with Gasteiger partial charge in [0, 0.05) is 5.02 Å². The molecule has 23 heavy (non-hydrogen) atoms. The van der Waals surface area contributed by atoms with E-state index in [2.05, 4.69) is 4.74 Å². The Hall–Kier alpha value is -2.66. The third-order valence-corrected chi connectivity index (χ3v) is 4.03. The molecular weight excluding hydrogens is 318 g/mol. The number of carbonyl (C=O) groups is 3. The molecule has 116 valence electrons. The third kappa shape index (κ3) is 2.59. The summed E-state index contributed by atoms with van der Waals surface area (Å²) in [6.45, 7) is 0.0482. The molecule has 0 spiro atoms. The topological polar surface area (TPSA) is 63.7 Å². The molecule has 1 heterocycles. The van der Waals surface area contributed by atoms with Crippen molar-refractivity contribution in [1.29, 1.82) is 0 Å². The van der Waals surface area contributed by atoms with Crippen molar-refractivity contribution < 1.29 is 19.1 Å². The normalized spacial score (nSPS) is 13.2. The summed E-state index contributed by atoms with van der Waals surface area (Å²) in [7, 11) is 1.28. The number of amides is 2. The van der Waals surface area contributed by atoms with E-state index in [-0.39, 0.29) is 18.4 Å². The first-order chi connectivity index (χ1) is 11.0. The Morgan fingerprint density at radius 2 is 1.70 bits per heavy atom. The van der Waals surface area contributed by atoms with Crippen LogP contribution in [0.4, 0.5) is 0 Å². The summed E-state index contributed by atoms with van der Waals surface area (Å²) in [5.41, 5.74) is 1.66. The second kappa shape index (κ2) is 5.85. The fourth-order valence-corrected chi connectivity index (χ4v) is 2.71. The van der Waals surface area contributed by atoms with Gasteiger partial charge in [0.05, 0.1) is 30.3 Å². The van der Waals surface area contributed by atoms with Crippen molar-refractivity contribution in [3.8, 4) is 0 Å². The van der Waals surface area contributed by atoms with Crippen LogP contribution in [0.5, 0.6) is 0 Å². The molecule has 0 saturated heterocycles. The van der Waals surface area contributed by atoms with E-state index in [1.54, 1.807) is 36.4 Å². The van der Waals surface area contributed by atoms with Crippen LogP contribution in [0.15, 0.2) is 42.5 Å². The van der Waals surface area contributed by atoms with Crippen LogP contribution in [0.25, 0.3) is 0 Å². The van der Waals surface area contributed by atoms with Crippen LogP contribution in [-0.4, -0.2) is 29.8 Å². The molecule has 1 aliphatic rings. The van der Waals surface area contributed by atoms with Crippen molar-refractivity contribution in [3.05, 3.63) is 69.7 Å². The van der Waals surface area contributed by atoms with E-state index in [9.17, 15) is 14.4 Å². The fourth-order valence-electron chi connectivity index (χ4n) is 2.47. The Labute approximate surface area is 137 Å². The van der Waals surface area contributed by atoms with Crippen LogP contribution in [0.3, 0.4) is 0 Å². The molecule has 2 amide bonds. The first-order valence-electron chi connectivity index (χ1n) is 6.85. The van der Waals surface area contributed by atoms with E-state index in [1.807, 2.05) is 0 Å². The summed E-state index contributed by atoms with van der Waals surface area (Å²) in [5, 5.41) is 0.296. The maximum absolute atomic E-state index is 12.3. The molecule has 0 aromatic heterocycles. The molecule has 6 heteroatoms. The maximum Gasteiger partial charge on any atom is 0.337 e. The molecule has 0 saturated carbocycles. The molecule has 0 unspecified atom stereocenters. The van der Waals surface area contributed by atoms with E-state index < -0.39 is 5.97 Å². The zero-order valence-electron chi connectivity index (χ0n) is 12.2. The van der Waals surface area contributed by atoms with Crippen molar-refractivity contribution >= 4 is 29.4 Å². The Balaban J connectivity index is 1.88. The van der Waals surface area contributed by atoms with Gasteiger partial charge in [-0.05, 0) is 29.8 Å². The first-order valence-corrected chi connectivity index (χ1v) is 7.22. The number of imide groups is 1. The predicted molar refractivity (Wildman–Crippen MR) is 83.4 cm³/mol. The second-order valence-corrected chi connectivity index (χ2v) is 5.45. The lowest BCUT2D eigenvalue weighted by Crippen LogP contribution is -2.29. The maximum atomic E-state index is 12.3. The van der Waals surface area contributed by atoms with Gasteiger partial charge in [0.1, 0.15) is 0 Å². The minimum Gasteiger partial charge on any atom is -0.465 e. The standard InChI is InChI=1S/C17H12ClNO4/c1-23-17(22)10-6-7-11(14(18)8-10)9-19-15(20)12-4-2-3-5-13(12)16(19)21/h2-8H,9H2,1H3. The van der Waals surface area contributed by atoms with Gasteiger partial charge >= 0.3 is 5.97 Å². The van der Waals surface area contributed by atoms with Crippen LogP contribution in [0.1, 0.15) is 36.6 Å². The summed E-state index contributed by atoms with van der Waals surface area (Å²) < 4.78 is 4.62. The lowest BCUT2D eigenvalue weighted by atomic mass is 10.1. The van der Waals surface area contributed by atoms with E-state index in [0.29, 0.717) is 27.3 Å². The average Bonchev–Trinajstić information content (AvgIpc) is 2.81. The van der Waals surface area contributed by atoms with Gasteiger partial charge in [-0.15, -0.1) is 0 Å². The summed E-state index contributed by atoms with van der Waals surface area (Å²) in [5.74, 6) is -1.20. The molecule has 0 atom stereocenters. The zero-order valence-corrected chi connectivity index (χ0v) is 13.0. The van der Waals surface area contributed by atoms with Crippen molar-refractivity contribution in [1.82, 2.24) is 4.90 Å². The smallest absolute Gasteiger partial charge is 0.337 e. The number of hydrogen-bond acceptors (Lipinski definition) is 4. The number of rotatable bonds is 3. The van der Waals surface area contributed by atoms with Gasteiger partial charge in [0.25, 0.3) is 11.8 Å². The van der Waals surface area contributed by atoms with Crippen LogP contribution in [-0.2, 0) is 11.3 Å². The lowest BCUT2D eigenvalue weighted by Gasteiger charge is -2.15. The average molecular weight is 330 g/mol. The number of hydrogen-bond donors (Lipinski definition) is 0. The monoisotopic (exact) mass is 329 g/mol. The molecule has 0 aliphatic carbocycles. The van der Waals surface area contributed by atoms with Crippen molar-refractivity contribution in [2.45, 2.75) is 6.54 Å². The van der Waals surface area contributed by atoms with E-state index in [4.69, 9.17) is 11.6 Å². The van der Waals surface area contributed by atoms with Crippen LogP contribution >= 0.6 is 11.6 Å². The van der Waals surface area contributed by atoms with Gasteiger partial charge < -0.3 is 4.74 Å². The molecule has 2 aromatic rings. The Morgan fingerprint density at radius 3 is 2.22 bits per heavy atom. The molecule has 0 bridgehead atoms. The van der Waals surface area contributed by atoms with Crippen molar-refractivity contribution in [2.75, 3.05) is 7.11 Å². The highest BCUT2D eigenvalue weighted by atomic mass is 35.5. The Morgan fingerprint density at radius 1 is 1.09 bits per heavy atom. The molecule has 3 rings (SSSR count). The van der Waals surface area contributed by atoms with E-state index in [1.165, 1.54) is 13.2 Å². The van der Waals surface area contributed by atoms with E-state index >= 15 is 0 Å². The predicted octanol–water partition coefficient (Wildman–Crippen LogP) is 2.92. The molecule has 0 fully saturated rings. The summed E-state index contributed by atoms with van der Waals surface area (Å²) >= 11 is 6.16. The van der Waals surface area contributed by atoms with Gasteiger partial charge in [0.2, 0.25) is 0 Å². The van der Waals surface area contributed by atoms with Crippen molar-refractivity contribution in [2.24, 2.45) is 0 Å². The highest BCUT2D eigenvalue weighted by molar-refractivity contribution is 6.31. The van der Waals surface area contributed by atoms with Crippen LogP contribution in [0, 0.1) is 0 Å². The Kier molecular flexibility index (Phi) is 3.88. The number of ether oxygens (including phenoxy) is 1. The van der Waals surface area contributed by atoms with Gasteiger partial charge in [0.15, 0.2) is 0 Å². The molecule has 0 N–H and O–H groups in total. The number of esters is 1. The highest BCUT2D eigenvalue weighted by Crippen LogP contribution is 2.27. The number of methoxy groups -OCH3 is 1. The van der Waals surface area contributed by atoms with Crippen LogP contribution < -0.4 is 0 Å². The number of benzene rings is 2. The number of carbonyl (C=O) groups excluding carboxylic acids is 3. The number of halogens is 1. The zero-order chi connectivity index (χ0) is 16.6. The van der Waals surface area contributed by atoms with Gasteiger partial charge in [-0.1, -0.05) is 29.8 Å². The van der Waals surface area contributed by atoms with Gasteiger partial charge in [-0.25, -0.2) is 4.79 Å². The molecular formula is C17H12ClNO4. The molecule has 5 nitrogen and oxygen atoms in total. The minimum atomic E-state index is -0.501.